The van der Waals surface area contributed by atoms with Crippen LogP contribution in [0.15, 0.2) is 24.3 Å². The Kier molecular flexibility index (Phi) is 5.49. The van der Waals surface area contributed by atoms with E-state index in [0.29, 0.717) is 5.92 Å². The zero-order chi connectivity index (χ0) is 12.8. The van der Waals surface area contributed by atoms with Crippen molar-refractivity contribution in [3.8, 4) is 0 Å². The molecule has 0 aliphatic carbocycles. The highest BCUT2D eigenvalue weighted by molar-refractivity contribution is 6.27. The highest BCUT2D eigenvalue weighted by Crippen LogP contribution is 2.15. The lowest BCUT2D eigenvalue weighted by molar-refractivity contribution is -0.119. The summed E-state index contributed by atoms with van der Waals surface area (Å²) in [6, 6.07) is 8.39. The predicted molar refractivity (Wildman–Crippen MR) is 72.3 cm³/mol. The van der Waals surface area contributed by atoms with Crippen molar-refractivity contribution in [3.63, 3.8) is 0 Å². The van der Waals surface area contributed by atoms with Gasteiger partial charge in [0.25, 0.3) is 0 Å². The molecular weight excluding hydrogens is 234 g/mol. The molecule has 0 heterocycles. The van der Waals surface area contributed by atoms with Crippen LogP contribution in [0, 0.1) is 5.92 Å². The van der Waals surface area contributed by atoms with Gasteiger partial charge in [0.05, 0.1) is 6.04 Å². The Labute approximate surface area is 108 Å². The second-order valence-corrected chi connectivity index (χ2v) is 5.03. The van der Waals surface area contributed by atoms with Gasteiger partial charge in [-0.05, 0) is 30.4 Å². The standard InChI is InChI=1S/C14H20ClNO/c1-10(2)8-12-4-6-13(7-5-12)11(3)16-14(17)9-15/h4-7,10-11H,8-9H2,1-3H3,(H,16,17). The molecule has 1 aromatic carbocycles. The first kappa shape index (κ1) is 14.0. The van der Waals surface area contributed by atoms with Gasteiger partial charge in [-0.1, -0.05) is 38.1 Å². The molecule has 0 fully saturated rings. The fourth-order valence-corrected chi connectivity index (χ4v) is 1.85. The summed E-state index contributed by atoms with van der Waals surface area (Å²) in [4.78, 5) is 11.2. The number of carbonyl (C=O) groups excluding carboxylic acids is 1. The van der Waals surface area contributed by atoms with Gasteiger partial charge in [0.15, 0.2) is 0 Å². The molecule has 1 rings (SSSR count). The third-order valence-corrected chi connectivity index (χ3v) is 2.87. The van der Waals surface area contributed by atoms with Crippen LogP contribution in [0.2, 0.25) is 0 Å². The van der Waals surface area contributed by atoms with E-state index in [1.807, 2.05) is 6.92 Å². The van der Waals surface area contributed by atoms with Crippen molar-refractivity contribution in [3.05, 3.63) is 35.4 Å². The molecule has 1 amide bonds. The minimum Gasteiger partial charge on any atom is -0.349 e. The van der Waals surface area contributed by atoms with Crippen LogP contribution in [-0.4, -0.2) is 11.8 Å². The summed E-state index contributed by atoms with van der Waals surface area (Å²) in [7, 11) is 0. The molecule has 0 radical (unpaired) electrons. The van der Waals surface area contributed by atoms with E-state index in [-0.39, 0.29) is 17.8 Å². The van der Waals surface area contributed by atoms with Gasteiger partial charge in [0.2, 0.25) is 5.91 Å². The van der Waals surface area contributed by atoms with Crippen LogP contribution >= 0.6 is 11.6 Å². The molecule has 0 aromatic heterocycles. The molecule has 94 valence electrons. The van der Waals surface area contributed by atoms with Gasteiger partial charge >= 0.3 is 0 Å². The molecule has 3 heteroatoms. The fourth-order valence-electron chi connectivity index (χ4n) is 1.78. The van der Waals surface area contributed by atoms with E-state index >= 15 is 0 Å². The molecule has 1 atom stereocenters. The van der Waals surface area contributed by atoms with Crippen LogP contribution in [0.5, 0.6) is 0 Å². The molecule has 17 heavy (non-hydrogen) atoms. The Morgan fingerprint density at radius 2 is 1.82 bits per heavy atom. The van der Waals surface area contributed by atoms with Crippen molar-refractivity contribution in [1.82, 2.24) is 5.32 Å². The Bertz CT molecular complexity index is 359. The van der Waals surface area contributed by atoms with Crippen LogP contribution in [0.25, 0.3) is 0 Å². The van der Waals surface area contributed by atoms with Crippen LogP contribution in [0.1, 0.15) is 37.9 Å². The zero-order valence-corrected chi connectivity index (χ0v) is 11.4. The molecule has 1 aromatic rings. The number of carbonyl (C=O) groups is 1. The van der Waals surface area contributed by atoms with Crippen LogP contribution in [-0.2, 0) is 11.2 Å². The van der Waals surface area contributed by atoms with Gasteiger partial charge in [0, 0.05) is 0 Å². The van der Waals surface area contributed by atoms with E-state index < -0.39 is 0 Å². The quantitative estimate of drug-likeness (QED) is 0.802. The first-order chi connectivity index (χ1) is 8.02. The normalized spacial score (nSPS) is 12.5. The minimum atomic E-state index is -0.134. The summed E-state index contributed by atoms with van der Waals surface area (Å²) in [5.74, 6) is 0.537. The molecule has 1 N–H and O–H groups in total. The van der Waals surface area contributed by atoms with Crippen LogP contribution in [0.4, 0.5) is 0 Å². The number of nitrogens with one attached hydrogen (secondary N) is 1. The third kappa shape index (κ3) is 4.78. The summed E-state index contributed by atoms with van der Waals surface area (Å²) in [6.07, 6.45) is 1.09. The van der Waals surface area contributed by atoms with Crippen LogP contribution < -0.4 is 5.32 Å². The summed E-state index contributed by atoms with van der Waals surface area (Å²) in [5, 5.41) is 2.84. The molecule has 0 spiro atoms. The SMILES string of the molecule is CC(C)Cc1ccc(C(C)NC(=O)CCl)cc1. The highest BCUT2D eigenvalue weighted by atomic mass is 35.5. The first-order valence-electron chi connectivity index (χ1n) is 5.97. The van der Waals surface area contributed by atoms with Gasteiger partial charge in [-0.15, -0.1) is 11.6 Å². The maximum Gasteiger partial charge on any atom is 0.235 e. The number of alkyl halides is 1. The summed E-state index contributed by atoms with van der Waals surface area (Å²) in [5.41, 5.74) is 2.44. The average molecular weight is 254 g/mol. The second kappa shape index (κ2) is 6.65. The number of amides is 1. The monoisotopic (exact) mass is 253 g/mol. The Morgan fingerprint density at radius 1 is 1.24 bits per heavy atom. The van der Waals surface area contributed by atoms with Gasteiger partial charge < -0.3 is 5.32 Å². The molecule has 0 aliphatic rings. The zero-order valence-electron chi connectivity index (χ0n) is 10.7. The third-order valence-electron chi connectivity index (χ3n) is 2.62. The minimum absolute atomic E-state index is 0.00866. The van der Waals surface area contributed by atoms with Crippen molar-refractivity contribution in [2.75, 3.05) is 5.88 Å². The molecule has 0 saturated carbocycles. The molecular formula is C14H20ClNO. The average Bonchev–Trinajstić information content (AvgIpc) is 2.28. The largest absolute Gasteiger partial charge is 0.349 e. The molecule has 2 nitrogen and oxygen atoms in total. The summed E-state index contributed by atoms with van der Waals surface area (Å²) >= 11 is 5.45. The summed E-state index contributed by atoms with van der Waals surface area (Å²) < 4.78 is 0. The van der Waals surface area contributed by atoms with Gasteiger partial charge in [-0.2, -0.15) is 0 Å². The van der Waals surface area contributed by atoms with Gasteiger partial charge in [-0.25, -0.2) is 0 Å². The predicted octanol–water partition coefficient (Wildman–Crippen LogP) is 3.30. The van der Waals surface area contributed by atoms with E-state index in [4.69, 9.17) is 11.6 Å². The Morgan fingerprint density at radius 3 is 2.29 bits per heavy atom. The maximum absolute atomic E-state index is 11.2. The lowest BCUT2D eigenvalue weighted by atomic mass is 10.00. The van der Waals surface area contributed by atoms with Crippen molar-refractivity contribution < 1.29 is 4.79 Å². The number of rotatable bonds is 5. The number of hydrogen-bond donors (Lipinski definition) is 1. The molecule has 1 unspecified atom stereocenters. The Balaban J connectivity index is 2.63. The lowest BCUT2D eigenvalue weighted by Crippen LogP contribution is -2.27. The maximum atomic E-state index is 11.2. The lowest BCUT2D eigenvalue weighted by Gasteiger charge is -2.14. The van der Waals surface area contributed by atoms with Crippen molar-refractivity contribution in [1.29, 1.82) is 0 Å². The summed E-state index contributed by atoms with van der Waals surface area (Å²) in [6.45, 7) is 6.37. The highest BCUT2D eigenvalue weighted by Gasteiger charge is 2.08. The van der Waals surface area contributed by atoms with E-state index in [0.717, 1.165) is 12.0 Å². The van der Waals surface area contributed by atoms with Crippen molar-refractivity contribution >= 4 is 17.5 Å². The smallest absolute Gasteiger partial charge is 0.235 e. The topological polar surface area (TPSA) is 29.1 Å². The Hall–Kier alpha value is -1.02. The van der Waals surface area contributed by atoms with E-state index in [9.17, 15) is 4.79 Å². The van der Waals surface area contributed by atoms with Gasteiger partial charge in [0.1, 0.15) is 5.88 Å². The van der Waals surface area contributed by atoms with Gasteiger partial charge in [-0.3, -0.25) is 4.79 Å². The van der Waals surface area contributed by atoms with E-state index in [2.05, 4.69) is 43.4 Å². The molecule has 0 bridgehead atoms. The number of benzene rings is 1. The first-order valence-corrected chi connectivity index (χ1v) is 6.50. The number of halogens is 1. The molecule has 0 aliphatic heterocycles. The van der Waals surface area contributed by atoms with Crippen molar-refractivity contribution in [2.45, 2.75) is 33.2 Å². The fraction of sp³-hybridized carbons (Fsp3) is 0.500. The second-order valence-electron chi connectivity index (χ2n) is 4.76. The van der Waals surface area contributed by atoms with E-state index in [1.54, 1.807) is 0 Å². The number of hydrogen-bond acceptors (Lipinski definition) is 1. The van der Waals surface area contributed by atoms with E-state index in [1.165, 1.54) is 5.56 Å². The molecule has 0 saturated heterocycles. The van der Waals surface area contributed by atoms with Crippen molar-refractivity contribution in [2.24, 2.45) is 5.92 Å². The van der Waals surface area contributed by atoms with Crippen LogP contribution in [0.3, 0.4) is 0 Å².